The molecule has 0 spiro atoms. The summed E-state index contributed by atoms with van der Waals surface area (Å²) in [6.45, 7) is 1.78. The third kappa shape index (κ3) is 3.56. The molecule has 0 saturated heterocycles. The van der Waals surface area contributed by atoms with Crippen molar-refractivity contribution in [2.24, 2.45) is 0 Å². The fourth-order valence-electron chi connectivity index (χ4n) is 4.98. The van der Waals surface area contributed by atoms with Crippen LogP contribution in [0.1, 0.15) is 28.4 Å². The summed E-state index contributed by atoms with van der Waals surface area (Å²) >= 11 is 0. The lowest BCUT2D eigenvalue weighted by molar-refractivity contribution is 0.202. The van der Waals surface area contributed by atoms with E-state index in [2.05, 4.69) is 91.2 Å². The van der Waals surface area contributed by atoms with Gasteiger partial charge in [-0.05, 0) is 52.6 Å². The number of tetrazole rings is 1. The van der Waals surface area contributed by atoms with Crippen LogP contribution in [0.4, 0.5) is 0 Å². The van der Waals surface area contributed by atoms with Crippen molar-refractivity contribution >= 4 is 10.9 Å². The van der Waals surface area contributed by atoms with Crippen LogP contribution in [0.25, 0.3) is 22.3 Å². The van der Waals surface area contributed by atoms with Gasteiger partial charge in [-0.1, -0.05) is 48.5 Å². The molecule has 2 N–H and O–H groups in total. The molecule has 33 heavy (non-hydrogen) atoms. The molecule has 0 amide bonds. The monoisotopic (exact) mass is 436 g/mol. The first-order valence-corrected chi connectivity index (χ1v) is 11.1. The van der Waals surface area contributed by atoms with Gasteiger partial charge in [0.1, 0.15) is 5.75 Å². The van der Waals surface area contributed by atoms with Crippen molar-refractivity contribution in [1.82, 2.24) is 30.5 Å². The predicted molar refractivity (Wildman–Crippen MR) is 127 cm³/mol. The van der Waals surface area contributed by atoms with E-state index in [9.17, 15) is 0 Å². The molecule has 1 unspecified atom stereocenters. The van der Waals surface area contributed by atoms with Crippen LogP contribution in [-0.2, 0) is 13.0 Å². The summed E-state index contributed by atoms with van der Waals surface area (Å²) in [6, 6.07) is 25.4. The number of aromatic nitrogens is 5. The third-order valence-corrected chi connectivity index (χ3v) is 6.46. The number of methoxy groups -OCH3 is 1. The van der Waals surface area contributed by atoms with E-state index in [0.29, 0.717) is 5.82 Å². The van der Waals surface area contributed by atoms with E-state index in [1.807, 2.05) is 12.1 Å². The number of rotatable bonds is 5. The molecule has 0 radical (unpaired) electrons. The van der Waals surface area contributed by atoms with Crippen LogP contribution in [0, 0.1) is 0 Å². The highest BCUT2D eigenvalue weighted by Crippen LogP contribution is 2.40. The van der Waals surface area contributed by atoms with E-state index in [1.165, 1.54) is 33.3 Å². The second-order valence-corrected chi connectivity index (χ2v) is 8.40. The topological polar surface area (TPSA) is 82.7 Å². The van der Waals surface area contributed by atoms with E-state index in [4.69, 9.17) is 4.74 Å². The average molecular weight is 437 g/mol. The van der Waals surface area contributed by atoms with Crippen LogP contribution in [0.15, 0.2) is 72.8 Å². The highest BCUT2D eigenvalue weighted by atomic mass is 16.5. The minimum absolute atomic E-state index is 0.0826. The Morgan fingerprint density at radius 3 is 2.82 bits per heavy atom. The Morgan fingerprint density at radius 1 is 1.03 bits per heavy atom. The first kappa shape index (κ1) is 19.7. The number of H-pyrrole nitrogens is 2. The molecule has 0 saturated carbocycles. The number of aromatic amines is 2. The highest BCUT2D eigenvalue weighted by Gasteiger charge is 2.32. The van der Waals surface area contributed by atoms with Crippen LogP contribution < -0.4 is 4.74 Å². The van der Waals surface area contributed by atoms with Gasteiger partial charge >= 0.3 is 0 Å². The minimum atomic E-state index is 0.0826. The Bertz CT molecular complexity index is 1410. The molecule has 7 heteroatoms. The number of fused-ring (bicyclic) bond motifs is 3. The smallest absolute Gasteiger partial charge is 0.204 e. The highest BCUT2D eigenvalue weighted by molar-refractivity contribution is 5.85. The summed E-state index contributed by atoms with van der Waals surface area (Å²) < 4.78 is 5.46. The van der Waals surface area contributed by atoms with Gasteiger partial charge in [0.15, 0.2) is 0 Å². The first-order chi connectivity index (χ1) is 16.3. The largest absolute Gasteiger partial charge is 0.497 e. The lowest BCUT2D eigenvalue weighted by atomic mass is 9.91. The molecule has 7 nitrogen and oxygen atoms in total. The Hall–Kier alpha value is -3.97. The van der Waals surface area contributed by atoms with Gasteiger partial charge in [0.2, 0.25) is 5.82 Å². The van der Waals surface area contributed by atoms with Crippen LogP contribution in [-0.4, -0.2) is 44.2 Å². The van der Waals surface area contributed by atoms with Crippen molar-refractivity contribution in [3.63, 3.8) is 0 Å². The number of ether oxygens (including phenoxy) is 1. The fourth-order valence-corrected chi connectivity index (χ4v) is 4.98. The molecular weight excluding hydrogens is 412 g/mol. The zero-order valence-corrected chi connectivity index (χ0v) is 18.3. The van der Waals surface area contributed by atoms with Crippen molar-refractivity contribution in [1.29, 1.82) is 0 Å². The first-order valence-electron chi connectivity index (χ1n) is 11.1. The van der Waals surface area contributed by atoms with Gasteiger partial charge in [-0.3, -0.25) is 4.90 Å². The van der Waals surface area contributed by atoms with Crippen molar-refractivity contribution in [2.45, 2.75) is 19.0 Å². The Morgan fingerprint density at radius 2 is 1.94 bits per heavy atom. The summed E-state index contributed by atoms with van der Waals surface area (Å²) in [7, 11) is 1.71. The average Bonchev–Trinajstić information content (AvgIpc) is 3.52. The van der Waals surface area contributed by atoms with Crippen LogP contribution in [0.2, 0.25) is 0 Å². The Labute approximate surface area is 191 Å². The molecular formula is C26H24N6O. The molecule has 2 aromatic heterocycles. The van der Waals surface area contributed by atoms with E-state index in [0.717, 1.165) is 30.8 Å². The molecule has 0 aliphatic carbocycles. The zero-order chi connectivity index (χ0) is 22.2. The van der Waals surface area contributed by atoms with Crippen LogP contribution in [0.3, 0.4) is 0 Å². The standard InChI is InChI=1S/C26H24N6O/c1-33-20-9-4-6-17(14-20)16-32-13-12-22-21-10-2-3-11-23(21)27-24(22)25(32)18-7-5-8-19(15-18)26-28-30-31-29-26/h2-11,14-15,25,27H,12-13,16H2,1H3,(H,28,29,30,31). The summed E-state index contributed by atoms with van der Waals surface area (Å²) in [6.07, 6.45) is 1.00. The van der Waals surface area contributed by atoms with Crippen molar-refractivity contribution in [3.05, 3.63) is 95.2 Å². The van der Waals surface area contributed by atoms with E-state index >= 15 is 0 Å². The number of hydrogen-bond donors (Lipinski definition) is 2. The number of hydrogen-bond acceptors (Lipinski definition) is 5. The summed E-state index contributed by atoms with van der Waals surface area (Å²) in [5.41, 5.74) is 7.23. The Kier molecular flexibility index (Phi) is 4.88. The molecule has 1 atom stereocenters. The Balaban J connectivity index is 1.46. The normalized spacial score (nSPS) is 16.1. The van der Waals surface area contributed by atoms with E-state index in [1.54, 1.807) is 7.11 Å². The number of nitrogens with zero attached hydrogens (tertiary/aromatic N) is 4. The molecule has 0 fully saturated rings. The summed E-state index contributed by atoms with van der Waals surface area (Å²) in [5.74, 6) is 1.48. The minimum Gasteiger partial charge on any atom is -0.497 e. The lowest BCUT2D eigenvalue weighted by Gasteiger charge is -2.36. The van der Waals surface area contributed by atoms with Gasteiger partial charge in [0.05, 0.1) is 13.2 Å². The van der Waals surface area contributed by atoms with Crippen LogP contribution in [0.5, 0.6) is 5.75 Å². The van der Waals surface area contributed by atoms with Gasteiger partial charge < -0.3 is 9.72 Å². The maximum absolute atomic E-state index is 5.46. The molecule has 164 valence electrons. The number of benzene rings is 3. The predicted octanol–water partition coefficient (Wildman–Crippen LogP) is 4.50. The summed E-state index contributed by atoms with van der Waals surface area (Å²) in [4.78, 5) is 6.27. The zero-order valence-electron chi connectivity index (χ0n) is 18.3. The number of nitrogens with one attached hydrogen (secondary N) is 2. The van der Waals surface area contributed by atoms with E-state index < -0.39 is 0 Å². The lowest BCUT2D eigenvalue weighted by Crippen LogP contribution is -2.35. The quantitative estimate of drug-likeness (QED) is 0.424. The van der Waals surface area contributed by atoms with Crippen molar-refractivity contribution in [2.75, 3.05) is 13.7 Å². The van der Waals surface area contributed by atoms with Gasteiger partial charge in [0.25, 0.3) is 0 Å². The molecule has 3 heterocycles. The van der Waals surface area contributed by atoms with E-state index in [-0.39, 0.29) is 6.04 Å². The van der Waals surface area contributed by atoms with Gasteiger partial charge in [-0.15, -0.1) is 10.2 Å². The second kappa shape index (κ2) is 8.18. The molecule has 6 rings (SSSR count). The third-order valence-electron chi connectivity index (χ3n) is 6.46. The molecule has 5 aromatic rings. The van der Waals surface area contributed by atoms with Crippen molar-refractivity contribution < 1.29 is 4.74 Å². The van der Waals surface area contributed by atoms with Gasteiger partial charge in [-0.2, -0.15) is 5.21 Å². The van der Waals surface area contributed by atoms with Gasteiger partial charge in [-0.25, -0.2) is 0 Å². The maximum atomic E-state index is 5.46. The maximum Gasteiger partial charge on any atom is 0.204 e. The molecule has 1 aliphatic rings. The number of para-hydroxylation sites is 1. The second-order valence-electron chi connectivity index (χ2n) is 8.40. The van der Waals surface area contributed by atoms with Crippen molar-refractivity contribution in [3.8, 4) is 17.1 Å². The molecule has 3 aromatic carbocycles. The fraction of sp³-hybridized carbons (Fsp3) is 0.192. The van der Waals surface area contributed by atoms with Gasteiger partial charge in [0, 0.05) is 35.2 Å². The molecule has 1 aliphatic heterocycles. The summed E-state index contributed by atoms with van der Waals surface area (Å²) in [5, 5.41) is 15.9. The SMILES string of the molecule is COc1cccc(CN2CCc3c([nH]c4ccccc34)C2c2cccc(-c3nn[nH]n3)c2)c1. The molecule has 0 bridgehead atoms. The van der Waals surface area contributed by atoms with Crippen LogP contribution >= 0.6 is 0 Å².